The van der Waals surface area contributed by atoms with Crippen molar-refractivity contribution >= 4 is 33.8 Å². The Labute approximate surface area is 238 Å². The second-order valence-electron chi connectivity index (χ2n) is 9.27. The smallest absolute Gasteiger partial charge is 0.271 e. The van der Waals surface area contributed by atoms with Gasteiger partial charge in [-0.15, -0.1) is 0 Å². The van der Waals surface area contributed by atoms with Crippen LogP contribution < -0.4 is 9.47 Å². The number of rotatable bonds is 5. The van der Waals surface area contributed by atoms with Crippen molar-refractivity contribution in [2.45, 2.75) is 13.5 Å². The van der Waals surface area contributed by atoms with Crippen molar-refractivity contribution in [3.8, 4) is 34.5 Å². The van der Waals surface area contributed by atoms with E-state index in [9.17, 15) is 14.9 Å². The second kappa shape index (κ2) is 10.3. The number of benzene rings is 3. The number of imide groups is 1. The fourth-order valence-electron chi connectivity index (χ4n) is 4.69. The van der Waals surface area contributed by atoms with E-state index in [4.69, 9.17) is 14.6 Å². The van der Waals surface area contributed by atoms with E-state index in [-0.39, 0.29) is 24.5 Å². The molecule has 0 unspecified atom stereocenters. The maximum atomic E-state index is 13.8. The number of nitrogens with zero attached hydrogens (tertiary/aromatic N) is 4. The molecule has 9 heteroatoms. The van der Waals surface area contributed by atoms with Crippen LogP contribution in [0.5, 0.6) is 11.5 Å². The largest absolute Gasteiger partial charge is 0.454 e. The van der Waals surface area contributed by atoms with Crippen LogP contribution in [-0.2, 0) is 16.1 Å². The molecule has 3 aromatic carbocycles. The van der Waals surface area contributed by atoms with Crippen molar-refractivity contribution in [1.82, 2.24) is 14.7 Å². The number of hydrogen-bond donors (Lipinski definition) is 0. The van der Waals surface area contributed by atoms with E-state index in [1.165, 1.54) is 0 Å². The van der Waals surface area contributed by atoms with Crippen LogP contribution in [0.3, 0.4) is 0 Å². The maximum absolute atomic E-state index is 13.8. The van der Waals surface area contributed by atoms with Gasteiger partial charge in [-0.05, 0) is 60.5 Å². The predicted octanol–water partition coefficient (Wildman–Crippen LogP) is 5.82. The number of halogens is 1. The van der Waals surface area contributed by atoms with Gasteiger partial charge in [-0.3, -0.25) is 14.5 Å². The molecule has 40 heavy (non-hydrogen) atoms. The Bertz CT molecular complexity index is 1770. The van der Waals surface area contributed by atoms with Crippen LogP contribution >= 0.6 is 15.9 Å². The summed E-state index contributed by atoms with van der Waals surface area (Å²) in [6.45, 7) is 1.72. The van der Waals surface area contributed by atoms with Crippen molar-refractivity contribution in [3.05, 3.63) is 111 Å². The predicted molar refractivity (Wildman–Crippen MR) is 151 cm³/mol. The molecule has 0 spiro atoms. The van der Waals surface area contributed by atoms with Gasteiger partial charge in [0.1, 0.15) is 11.6 Å². The van der Waals surface area contributed by atoms with Crippen LogP contribution in [0.15, 0.2) is 100 Å². The van der Waals surface area contributed by atoms with Crippen LogP contribution in [-0.4, -0.2) is 33.3 Å². The molecule has 0 aliphatic carbocycles. The topological polar surface area (TPSA) is 97.5 Å². The van der Waals surface area contributed by atoms with E-state index in [1.807, 2.05) is 66.9 Å². The number of carbonyl (C=O) groups is 2. The number of aromatic nitrogens is 2. The van der Waals surface area contributed by atoms with Crippen LogP contribution in [0.25, 0.3) is 23.0 Å². The van der Waals surface area contributed by atoms with Gasteiger partial charge in [-0.25, -0.2) is 4.68 Å². The van der Waals surface area contributed by atoms with Gasteiger partial charge in [-0.1, -0.05) is 52.3 Å². The second-order valence-corrected chi connectivity index (χ2v) is 10.2. The molecule has 0 fully saturated rings. The SMILES string of the molecule is CC1=C(C#N)C(=O)N(Cc2ccc3c(c2)OCO3)C(=O)/C1=C/c1cn(-c2ccccc2)nc1-c1ccc(Br)cc1. The Morgan fingerprint density at radius 3 is 2.50 bits per heavy atom. The summed E-state index contributed by atoms with van der Waals surface area (Å²) in [7, 11) is 0. The van der Waals surface area contributed by atoms with Gasteiger partial charge in [0.05, 0.1) is 17.9 Å². The molecule has 0 atom stereocenters. The van der Waals surface area contributed by atoms with Gasteiger partial charge in [0.25, 0.3) is 11.8 Å². The van der Waals surface area contributed by atoms with Gasteiger partial charge in [0.15, 0.2) is 11.5 Å². The average molecular weight is 593 g/mol. The highest BCUT2D eigenvalue weighted by molar-refractivity contribution is 9.10. The third-order valence-electron chi connectivity index (χ3n) is 6.78. The highest BCUT2D eigenvalue weighted by atomic mass is 79.9. The average Bonchev–Trinajstić information content (AvgIpc) is 3.62. The van der Waals surface area contributed by atoms with E-state index < -0.39 is 11.8 Å². The molecule has 0 saturated heterocycles. The summed E-state index contributed by atoms with van der Waals surface area (Å²) in [5, 5.41) is 14.7. The standard InChI is InChI=1S/C31H21BrN4O4/c1-19-25(30(37)35(31(38)26(19)15-33)16-20-7-12-27-28(13-20)40-18-39-27)14-22-17-36(24-5-3-2-4-6-24)34-29(22)21-8-10-23(32)11-9-21/h2-14,17H,16,18H2,1H3/b25-14+. The fraction of sp³-hybridized carbons (Fsp3) is 0.0968. The van der Waals surface area contributed by atoms with Crippen molar-refractivity contribution in [3.63, 3.8) is 0 Å². The molecule has 2 amide bonds. The van der Waals surface area contributed by atoms with Gasteiger partial charge in [0, 0.05) is 27.4 Å². The number of ether oxygens (including phenoxy) is 2. The molecule has 196 valence electrons. The number of amides is 2. The number of para-hydroxylation sites is 1. The van der Waals surface area contributed by atoms with Crippen LogP contribution in [0, 0.1) is 11.3 Å². The van der Waals surface area contributed by atoms with E-state index in [0.717, 1.165) is 20.6 Å². The van der Waals surface area contributed by atoms with E-state index in [1.54, 1.807) is 35.9 Å². The molecule has 3 heterocycles. The first-order valence-electron chi connectivity index (χ1n) is 12.4. The van der Waals surface area contributed by atoms with E-state index >= 15 is 0 Å². The molecule has 4 aromatic rings. The quantitative estimate of drug-likeness (QED) is 0.214. The van der Waals surface area contributed by atoms with Crippen molar-refractivity contribution in [2.24, 2.45) is 0 Å². The lowest BCUT2D eigenvalue weighted by Crippen LogP contribution is -2.42. The third-order valence-corrected chi connectivity index (χ3v) is 7.31. The minimum Gasteiger partial charge on any atom is -0.454 e. The Hall–Kier alpha value is -4.94. The zero-order valence-electron chi connectivity index (χ0n) is 21.3. The minimum absolute atomic E-state index is 0.0209. The van der Waals surface area contributed by atoms with Gasteiger partial charge in [0.2, 0.25) is 6.79 Å². The normalized spacial score (nSPS) is 15.6. The summed E-state index contributed by atoms with van der Waals surface area (Å²) in [5.74, 6) is 0.0242. The molecule has 8 nitrogen and oxygen atoms in total. The Morgan fingerprint density at radius 2 is 1.75 bits per heavy atom. The summed E-state index contributed by atoms with van der Waals surface area (Å²) in [5.41, 5.74) is 4.21. The first-order valence-corrected chi connectivity index (χ1v) is 13.2. The first kappa shape index (κ1) is 25.3. The molecule has 0 bridgehead atoms. The summed E-state index contributed by atoms with van der Waals surface area (Å²) >= 11 is 3.47. The molecule has 2 aliphatic rings. The zero-order valence-corrected chi connectivity index (χ0v) is 22.9. The highest BCUT2D eigenvalue weighted by Crippen LogP contribution is 2.35. The third kappa shape index (κ3) is 4.59. The number of nitriles is 1. The molecular formula is C31H21BrN4O4. The van der Waals surface area contributed by atoms with Crippen molar-refractivity contribution in [1.29, 1.82) is 5.26 Å². The molecule has 2 aliphatic heterocycles. The van der Waals surface area contributed by atoms with E-state index in [2.05, 4.69) is 15.9 Å². The molecule has 0 radical (unpaired) electrons. The zero-order chi connectivity index (χ0) is 27.8. The van der Waals surface area contributed by atoms with Crippen molar-refractivity contribution < 1.29 is 19.1 Å². The summed E-state index contributed by atoms with van der Waals surface area (Å²) in [6, 6.07) is 24.6. The van der Waals surface area contributed by atoms with Crippen LogP contribution in [0.4, 0.5) is 0 Å². The van der Waals surface area contributed by atoms with Gasteiger partial charge in [-0.2, -0.15) is 10.4 Å². The Morgan fingerprint density at radius 1 is 1.00 bits per heavy atom. The Balaban J connectivity index is 1.45. The fourth-order valence-corrected chi connectivity index (χ4v) is 4.95. The lowest BCUT2D eigenvalue weighted by molar-refractivity contribution is -0.141. The number of fused-ring (bicyclic) bond motifs is 1. The summed E-state index contributed by atoms with van der Waals surface area (Å²) in [6.07, 6.45) is 3.54. The number of carbonyl (C=O) groups excluding carboxylic acids is 2. The van der Waals surface area contributed by atoms with E-state index in [0.29, 0.717) is 33.9 Å². The lowest BCUT2D eigenvalue weighted by Gasteiger charge is -2.27. The highest BCUT2D eigenvalue weighted by Gasteiger charge is 2.36. The summed E-state index contributed by atoms with van der Waals surface area (Å²) < 4.78 is 13.5. The first-order chi connectivity index (χ1) is 19.4. The molecule has 0 N–H and O–H groups in total. The van der Waals surface area contributed by atoms with Gasteiger partial charge >= 0.3 is 0 Å². The summed E-state index contributed by atoms with van der Waals surface area (Å²) in [4.78, 5) is 28.2. The number of hydrogen-bond acceptors (Lipinski definition) is 6. The van der Waals surface area contributed by atoms with Crippen molar-refractivity contribution in [2.75, 3.05) is 6.79 Å². The molecule has 1 aromatic heterocycles. The minimum atomic E-state index is -0.632. The molecular weight excluding hydrogens is 572 g/mol. The molecule has 6 rings (SSSR count). The lowest BCUT2D eigenvalue weighted by atomic mass is 9.93. The Kier molecular flexibility index (Phi) is 6.54. The molecule has 0 saturated carbocycles. The van der Waals surface area contributed by atoms with Crippen LogP contribution in [0.1, 0.15) is 18.1 Å². The van der Waals surface area contributed by atoms with Crippen LogP contribution in [0.2, 0.25) is 0 Å². The van der Waals surface area contributed by atoms with Gasteiger partial charge < -0.3 is 9.47 Å². The maximum Gasteiger partial charge on any atom is 0.271 e. The monoisotopic (exact) mass is 592 g/mol.